The maximum atomic E-state index is 11.9. The fourth-order valence-electron chi connectivity index (χ4n) is 2.21. The molecule has 0 aliphatic carbocycles. The summed E-state index contributed by atoms with van der Waals surface area (Å²) in [4.78, 5) is 11.9. The molecule has 0 radical (unpaired) electrons. The first-order chi connectivity index (χ1) is 10.5. The van der Waals surface area contributed by atoms with Crippen LogP contribution in [0.2, 0.25) is 0 Å². The Morgan fingerprint density at radius 3 is 2.00 bits per heavy atom. The molecule has 0 N–H and O–H groups in total. The van der Waals surface area contributed by atoms with Gasteiger partial charge in [-0.05, 0) is 57.9 Å². The topological polar surface area (TPSA) is 54.0 Å². The number of rotatable bonds is 9. The van der Waals surface area contributed by atoms with Crippen molar-refractivity contribution >= 4 is 5.97 Å². The van der Waals surface area contributed by atoms with Gasteiger partial charge in [-0.15, -0.1) is 0 Å². The molecular formula is C17H26O5. The minimum Gasteiger partial charge on any atom is -0.488 e. The van der Waals surface area contributed by atoms with Crippen molar-refractivity contribution in [3.63, 3.8) is 0 Å². The van der Waals surface area contributed by atoms with Crippen molar-refractivity contribution in [2.75, 3.05) is 26.4 Å². The predicted octanol–water partition coefficient (Wildman–Crippen LogP) is 3.26. The SMILES string of the molecule is CCOC(=O)c1c(C)cc(OCC(OCC)OCC)cc1C. The number of aryl methyl sites for hydroxylation is 2. The maximum absolute atomic E-state index is 11.9. The molecule has 5 nitrogen and oxygen atoms in total. The van der Waals surface area contributed by atoms with Gasteiger partial charge in [0.05, 0.1) is 12.2 Å². The quantitative estimate of drug-likeness (QED) is 0.517. The van der Waals surface area contributed by atoms with Crippen LogP contribution in [0.4, 0.5) is 0 Å². The highest BCUT2D eigenvalue weighted by atomic mass is 16.7. The molecule has 0 amide bonds. The van der Waals surface area contributed by atoms with Crippen molar-refractivity contribution in [2.45, 2.75) is 40.9 Å². The van der Waals surface area contributed by atoms with Crippen molar-refractivity contribution in [3.05, 3.63) is 28.8 Å². The standard InChI is InChI=1S/C17H26O5/c1-6-19-15(20-7-2)11-22-14-9-12(4)16(13(5)10-14)17(18)21-8-3/h9-10,15H,6-8,11H2,1-5H3. The van der Waals surface area contributed by atoms with Crippen LogP contribution in [0.1, 0.15) is 42.3 Å². The smallest absolute Gasteiger partial charge is 0.338 e. The molecule has 1 aromatic rings. The van der Waals surface area contributed by atoms with Gasteiger partial charge in [-0.1, -0.05) is 0 Å². The summed E-state index contributed by atoms with van der Waals surface area (Å²) in [6, 6.07) is 3.66. The van der Waals surface area contributed by atoms with Crippen molar-refractivity contribution in [3.8, 4) is 5.75 Å². The van der Waals surface area contributed by atoms with Gasteiger partial charge in [-0.2, -0.15) is 0 Å². The first-order valence-electron chi connectivity index (χ1n) is 7.67. The van der Waals surface area contributed by atoms with E-state index in [1.807, 2.05) is 39.8 Å². The summed E-state index contributed by atoms with van der Waals surface area (Å²) >= 11 is 0. The summed E-state index contributed by atoms with van der Waals surface area (Å²) in [6.45, 7) is 11.1. The van der Waals surface area contributed by atoms with Gasteiger partial charge in [0.1, 0.15) is 12.4 Å². The van der Waals surface area contributed by atoms with E-state index in [9.17, 15) is 4.79 Å². The summed E-state index contributed by atoms with van der Waals surface area (Å²) in [7, 11) is 0. The molecule has 0 saturated carbocycles. The Labute approximate surface area is 132 Å². The van der Waals surface area contributed by atoms with Gasteiger partial charge in [0.25, 0.3) is 0 Å². The second-order valence-corrected chi connectivity index (χ2v) is 4.80. The van der Waals surface area contributed by atoms with E-state index in [0.717, 1.165) is 11.1 Å². The van der Waals surface area contributed by atoms with Crippen LogP contribution in [0, 0.1) is 13.8 Å². The van der Waals surface area contributed by atoms with Crippen molar-refractivity contribution in [2.24, 2.45) is 0 Å². The third-order valence-corrected chi connectivity index (χ3v) is 3.08. The van der Waals surface area contributed by atoms with Gasteiger partial charge in [0.2, 0.25) is 0 Å². The minimum absolute atomic E-state index is 0.300. The van der Waals surface area contributed by atoms with Crippen molar-refractivity contribution in [1.29, 1.82) is 0 Å². The van der Waals surface area contributed by atoms with Crippen LogP contribution in [0.25, 0.3) is 0 Å². The second kappa shape index (κ2) is 9.43. The van der Waals surface area contributed by atoms with Crippen LogP contribution in [-0.2, 0) is 14.2 Å². The zero-order valence-electron chi connectivity index (χ0n) is 14.1. The van der Waals surface area contributed by atoms with E-state index in [2.05, 4.69) is 0 Å². The Balaban J connectivity index is 2.79. The molecular weight excluding hydrogens is 284 g/mol. The summed E-state index contributed by atoms with van der Waals surface area (Å²) < 4.78 is 21.7. The number of ether oxygens (including phenoxy) is 4. The van der Waals surface area contributed by atoms with E-state index in [-0.39, 0.29) is 12.3 Å². The Morgan fingerprint density at radius 2 is 1.55 bits per heavy atom. The average Bonchev–Trinajstić information content (AvgIpc) is 2.45. The van der Waals surface area contributed by atoms with E-state index >= 15 is 0 Å². The van der Waals surface area contributed by atoms with Crippen LogP contribution in [0.5, 0.6) is 5.75 Å². The van der Waals surface area contributed by atoms with Gasteiger partial charge in [-0.25, -0.2) is 4.79 Å². The number of carbonyl (C=O) groups is 1. The number of esters is 1. The maximum Gasteiger partial charge on any atom is 0.338 e. The number of hydrogen-bond donors (Lipinski definition) is 0. The lowest BCUT2D eigenvalue weighted by atomic mass is 10.0. The molecule has 1 aromatic carbocycles. The molecule has 5 heteroatoms. The van der Waals surface area contributed by atoms with Gasteiger partial charge in [0, 0.05) is 13.2 Å². The van der Waals surface area contributed by atoms with Crippen LogP contribution in [0.15, 0.2) is 12.1 Å². The largest absolute Gasteiger partial charge is 0.488 e. The molecule has 22 heavy (non-hydrogen) atoms. The number of benzene rings is 1. The monoisotopic (exact) mass is 310 g/mol. The minimum atomic E-state index is -0.389. The zero-order chi connectivity index (χ0) is 16.5. The first-order valence-corrected chi connectivity index (χ1v) is 7.67. The molecule has 0 aliphatic heterocycles. The van der Waals surface area contributed by atoms with Gasteiger partial charge in [0.15, 0.2) is 6.29 Å². The number of hydrogen-bond acceptors (Lipinski definition) is 5. The molecule has 0 bridgehead atoms. The molecule has 0 atom stereocenters. The Morgan fingerprint density at radius 1 is 1.00 bits per heavy atom. The second-order valence-electron chi connectivity index (χ2n) is 4.80. The molecule has 0 aliphatic rings. The van der Waals surface area contributed by atoms with Crippen LogP contribution in [-0.4, -0.2) is 38.7 Å². The summed E-state index contributed by atoms with van der Waals surface area (Å²) in [5.74, 6) is 0.387. The van der Waals surface area contributed by atoms with Crippen molar-refractivity contribution in [1.82, 2.24) is 0 Å². The van der Waals surface area contributed by atoms with Crippen LogP contribution >= 0.6 is 0 Å². The van der Waals surface area contributed by atoms with Gasteiger partial charge < -0.3 is 18.9 Å². The van der Waals surface area contributed by atoms with E-state index in [0.29, 0.717) is 37.7 Å². The molecule has 124 valence electrons. The first kappa shape index (κ1) is 18.5. The van der Waals surface area contributed by atoms with E-state index < -0.39 is 0 Å². The summed E-state index contributed by atoms with van der Waals surface area (Å²) in [5.41, 5.74) is 2.26. The Bertz CT molecular complexity index is 455. The highest BCUT2D eigenvalue weighted by Gasteiger charge is 2.16. The van der Waals surface area contributed by atoms with Gasteiger partial charge in [-0.3, -0.25) is 0 Å². The lowest BCUT2D eigenvalue weighted by molar-refractivity contribution is -0.152. The molecule has 0 fully saturated rings. The van der Waals surface area contributed by atoms with E-state index in [4.69, 9.17) is 18.9 Å². The summed E-state index contributed by atoms with van der Waals surface area (Å²) in [6.07, 6.45) is -0.389. The normalized spacial score (nSPS) is 10.8. The molecule has 0 saturated heterocycles. The fraction of sp³-hybridized carbons (Fsp3) is 0.588. The summed E-state index contributed by atoms with van der Waals surface area (Å²) in [5, 5.41) is 0. The van der Waals surface area contributed by atoms with Gasteiger partial charge >= 0.3 is 5.97 Å². The lowest BCUT2D eigenvalue weighted by Crippen LogP contribution is -2.25. The van der Waals surface area contributed by atoms with E-state index in [1.165, 1.54) is 0 Å². The predicted molar refractivity (Wildman–Crippen MR) is 84.4 cm³/mol. The highest BCUT2D eigenvalue weighted by Crippen LogP contribution is 2.23. The lowest BCUT2D eigenvalue weighted by Gasteiger charge is -2.18. The molecule has 0 spiro atoms. The number of carbonyl (C=O) groups excluding carboxylic acids is 1. The molecule has 1 rings (SSSR count). The average molecular weight is 310 g/mol. The Hall–Kier alpha value is -1.59. The molecule has 0 heterocycles. The molecule has 0 unspecified atom stereocenters. The van der Waals surface area contributed by atoms with E-state index in [1.54, 1.807) is 6.92 Å². The fourth-order valence-corrected chi connectivity index (χ4v) is 2.21. The Kier molecular flexibility index (Phi) is 7.91. The van der Waals surface area contributed by atoms with Crippen molar-refractivity contribution < 1.29 is 23.7 Å². The third kappa shape index (κ3) is 5.31. The van der Waals surface area contributed by atoms with Crippen LogP contribution in [0.3, 0.4) is 0 Å². The zero-order valence-corrected chi connectivity index (χ0v) is 14.1. The van der Waals surface area contributed by atoms with Crippen LogP contribution < -0.4 is 4.74 Å². The third-order valence-electron chi connectivity index (χ3n) is 3.08. The highest BCUT2D eigenvalue weighted by molar-refractivity contribution is 5.92. The molecule has 0 aromatic heterocycles.